The summed E-state index contributed by atoms with van der Waals surface area (Å²) in [5.74, 6) is 0.911. The lowest BCUT2D eigenvalue weighted by atomic mass is 10.0. The van der Waals surface area contributed by atoms with Crippen LogP contribution < -0.4 is 10.6 Å². The molecule has 1 aromatic heterocycles. The van der Waals surface area contributed by atoms with E-state index in [4.69, 9.17) is 9.47 Å². The SMILES string of the molecule is CC(C)NC(=O)O[C@@H]1CC[C@H](c2cc(NC(=O)C3CC34CCOC4)n[nH]2)C1. The molecule has 0 bridgehead atoms. The van der Waals surface area contributed by atoms with Crippen LogP contribution in [0.25, 0.3) is 0 Å². The standard InChI is InChI=1S/C19H28N4O4/c1-11(2)20-18(25)27-13-4-3-12(7-13)15-8-16(23-22-15)21-17(24)14-9-19(14)5-6-26-10-19/h8,11-14H,3-7,9-10H2,1-2H3,(H,20,25)(H2,21,22,23,24)/t12-,13+,14?,19?/m0/s1. The molecular formula is C19H28N4O4. The monoisotopic (exact) mass is 376 g/mol. The van der Waals surface area contributed by atoms with Crippen molar-refractivity contribution in [2.24, 2.45) is 11.3 Å². The summed E-state index contributed by atoms with van der Waals surface area (Å²) in [6.45, 7) is 5.27. The summed E-state index contributed by atoms with van der Waals surface area (Å²) in [7, 11) is 0. The lowest BCUT2D eigenvalue weighted by molar-refractivity contribution is -0.118. The predicted octanol–water partition coefficient (Wildman–Crippen LogP) is 2.55. The van der Waals surface area contributed by atoms with Crippen molar-refractivity contribution >= 4 is 17.8 Å². The van der Waals surface area contributed by atoms with Crippen LogP contribution in [-0.2, 0) is 14.3 Å². The van der Waals surface area contributed by atoms with Gasteiger partial charge in [0.25, 0.3) is 0 Å². The molecule has 1 spiro atoms. The first-order valence-electron chi connectivity index (χ1n) is 9.86. The molecule has 2 amide bonds. The third kappa shape index (κ3) is 3.95. The van der Waals surface area contributed by atoms with Crippen LogP contribution in [0, 0.1) is 11.3 Å². The van der Waals surface area contributed by atoms with Gasteiger partial charge < -0.3 is 20.1 Å². The van der Waals surface area contributed by atoms with Crippen molar-refractivity contribution in [3.05, 3.63) is 11.8 Å². The average molecular weight is 376 g/mol. The maximum Gasteiger partial charge on any atom is 0.407 e. The van der Waals surface area contributed by atoms with Gasteiger partial charge in [-0.1, -0.05) is 0 Å². The van der Waals surface area contributed by atoms with Crippen LogP contribution in [0.2, 0.25) is 0 Å². The third-order valence-corrected chi connectivity index (χ3v) is 5.99. The molecule has 1 aromatic rings. The van der Waals surface area contributed by atoms with E-state index < -0.39 is 0 Å². The van der Waals surface area contributed by atoms with Crippen molar-refractivity contribution in [2.75, 3.05) is 18.5 Å². The number of rotatable bonds is 5. The van der Waals surface area contributed by atoms with E-state index in [9.17, 15) is 9.59 Å². The Kier molecular flexibility index (Phi) is 4.84. The van der Waals surface area contributed by atoms with Crippen molar-refractivity contribution in [1.82, 2.24) is 15.5 Å². The number of hydrogen-bond donors (Lipinski definition) is 3. The van der Waals surface area contributed by atoms with Crippen molar-refractivity contribution in [3.63, 3.8) is 0 Å². The predicted molar refractivity (Wildman–Crippen MR) is 98.3 cm³/mol. The van der Waals surface area contributed by atoms with Gasteiger partial charge in [0, 0.05) is 41.7 Å². The van der Waals surface area contributed by atoms with Crippen LogP contribution in [0.15, 0.2) is 6.07 Å². The van der Waals surface area contributed by atoms with Gasteiger partial charge in [-0.25, -0.2) is 4.79 Å². The number of H-pyrrole nitrogens is 1. The zero-order chi connectivity index (χ0) is 19.0. The molecule has 8 nitrogen and oxygen atoms in total. The van der Waals surface area contributed by atoms with Crippen LogP contribution >= 0.6 is 0 Å². The van der Waals surface area contributed by atoms with Crippen LogP contribution in [0.1, 0.15) is 57.6 Å². The number of nitrogens with one attached hydrogen (secondary N) is 3. The van der Waals surface area contributed by atoms with E-state index in [0.29, 0.717) is 12.4 Å². The highest BCUT2D eigenvalue weighted by Crippen LogP contribution is 2.58. The zero-order valence-corrected chi connectivity index (χ0v) is 15.9. The van der Waals surface area contributed by atoms with Gasteiger partial charge in [-0.05, 0) is 46.0 Å². The largest absolute Gasteiger partial charge is 0.446 e. The molecule has 1 aliphatic heterocycles. The van der Waals surface area contributed by atoms with Gasteiger partial charge in [0.05, 0.1) is 6.61 Å². The van der Waals surface area contributed by atoms with Crippen LogP contribution in [0.5, 0.6) is 0 Å². The summed E-state index contributed by atoms with van der Waals surface area (Å²) >= 11 is 0. The Balaban J connectivity index is 1.27. The number of hydrogen-bond acceptors (Lipinski definition) is 5. The molecule has 1 saturated heterocycles. The lowest BCUT2D eigenvalue weighted by Crippen LogP contribution is -2.33. The Morgan fingerprint density at radius 1 is 1.41 bits per heavy atom. The van der Waals surface area contributed by atoms with Gasteiger partial charge in [0.2, 0.25) is 5.91 Å². The highest BCUT2D eigenvalue weighted by atomic mass is 16.6. The molecular weight excluding hydrogens is 348 g/mol. The second kappa shape index (κ2) is 7.14. The molecule has 2 unspecified atom stereocenters. The highest BCUT2D eigenvalue weighted by Gasteiger charge is 2.59. The molecule has 2 saturated carbocycles. The topological polar surface area (TPSA) is 105 Å². The highest BCUT2D eigenvalue weighted by molar-refractivity contribution is 5.94. The smallest absolute Gasteiger partial charge is 0.407 e. The number of aromatic amines is 1. The summed E-state index contributed by atoms with van der Waals surface area (Å²) in [6, 6.07) is 1.97. The lowest BCUT2D eigenvalue weighted by Gasteiger charge is -2.14. The van der Waals surface area contributed by atoms with E-state index >= 15 is 0 Å². The first kappa shape index (κ1) is 18.3. The minimum absolute atomic E-state index is 0.0385. The number of nitrogens with zero attached hydrogens (tertiary/aromatic N) is 1. The number of anilines is 1. The van der Waals surface area contributed by atoms with Crippen molar-refractivity contribution in [3.8, 4) is 0 Å². The van der Waals surface area contributed by atoms with Crippen LogP contribution in [0.4, 0.5) is 10.6 Å². The molecule has 4 atom stereocenters. The number of amides is 2. The van der Waals surface area contributed by atoms with E-state index in [2.05, 4.69) is 20.8 Å². The second-order valence-electron chi connectivity index (χ2n) is 8.46. The molecule has 3 aliphatic rings. The Labute approximate surface area is 158 Å². The molecule has 8 heteroatoms. The zero-order valence-electron chi connectivity index (χ0n) is 15.9. The number of aromatic nitrogens is 2. The Morgan fingerprint density at radius 3 is 3.00 bits per heavy atom. The summed E-state index contributed by atoms with van der Waals surface area (Å²) in [6.07, 6.45) is 3.98. The minimum atomic E-state index is -0.359. The van der Waals surface area contributed by atoms with Gasteiger partial charge in [0.15, 0.2) is 5.82 Å². The first-order chi connectivity index (χ1) is 12.9. The maximum absolute atomic E-state index is 12.4. The Bertz CT molecular complexity index is 710. The molecule has 3 fully saturated rings. The molecule has 4 rings (SSSR count). The van der Waals surface area contributed by atoms with E-state index in [0.717, 1.165) is 44.4 Å². The second-order valence-corrected chi connectivity index (χ2v) is 8.46. The molecule has 2 heterocycles. The molecule has 2 aliphatic carbocycles. The van der Waals surface area contributed by atoms with Gasteiger partial charge in [-0.2, -0.15) is 5.10 Å². The van der Waals surface area contributed by atoms with Crippen LogP contribution in [0.3, 0.4) is 0 Å². The molecule has 3 N–H and O–H groups in total. The van der Waals surface area contributed by atoms with Gasteiger partial charge in [0.1, 0.15) is 6.10 Å². The van der Waals surface area contributed by atoms with E-state index in [-0.39, 0.29) is 41.4 Å². The Hall–Kier alpha value is -2.09. The van der Waals surface area contributed by atoms with E-state index in [1.165, 1.54) is 0 Å². The maximum atomic E-state index is 12.4. The number of ether oxygens (including phenoxy) is 2. The Morgan fingerprint density at radius 2 is 2.26 bits per heavy atom. The van der Waals surface area contributed by atoms with Crippen molar-refractivity contribution in [1.29, 1.82) is 0 Å². The summed E-state index contributed by atoms with van der Waals surface area (Å²) in [4.78, 5) is 24.2. The van der Waals surface area contributed by atoms with Gasteiger partial charge in [-0.15, -0.1) is 0 Å². The molecule has 27 heavy (non-hydrogen) atoms. The minimum Gasteiger partial charge on any atom is -0.446 e. The van der Waals surface area contributed by atoms with E-state index in [1.807, 2.05) is 19.9 Å². The summed E-state index contributed by atoms with van der Waals surface area (Å²) < 4.78 is 10.9. The first-order valence-corrected chi connectivity index (χ1v) is 9.86. The van der Waals surface area contributed by atoms with Crippen molar-refractivity contribution in [2.45, 2.75) is 64.0 Å². The average Bonchev–Trinajstić information content (AvgIpc) is 3.01. The number of carbonyl (C=O) groups is 2. The number of alkyl carbamates (subject to hydrolysis) is 1. The molecule has 0 radical (unpaired) electrons. The van der Waals surface area contributed by atoms with E-state index in [1.54, 1.807) is 0 Å². The quantitative estimate of drug-likeness (QED) is 0.732. The summed E-state index contributed by atoms with van der Waals surface area (Å²) in [5, 5.41) is 13.0. The fourth-order valence-electron chi connectivity index (χ4n) is 4.35. The number of carbonyl (C=O) groups excluding carboxylic acids is 2. The molecule has 0 aromatic carbocycles. The third-order valence-electron chi connectivity index (χ3n) is 5.99. The molecule has 148 valence electrons. The van der Waals surface area contributed by atoms with Gasteiger partial charge >= 0.3 is 6.09 Å². The fraction of sp³-hybridized carbons (Fsp3) is 0.737. The summed E-state index contributed by atoms with van der Waals surface area (Å²) in [5.41, 5.74) is 1.06. The van der Waals surface area contributed by atoms with Crippen molar-refractivity contribution < 1.29 is 19.1 Å². The normalized spacial score (nSPS) is 32.0. The fourth-order valence-corrected chi connectivity index (χ4v) is 4.35. The van der Waals surface area contributed by atoms with Crippen LogP contribution in [-0.4, -0.2) is 47.6 Å². The van der Waals surface area contributed by atoms with Gasteiger partial charge in [-0.3, -0.25) is 9.89 Å².